The van der Waals surface area contributed by atoms with Gasteiger partial charge in [-0.15, -0.1) is 0 Å². The summed E-state index contributed by atoms with van der Waals surface area (Å²) in [6, 6.07) is -0.562. The highest BCUT2D eigenvalue weighted by molar-refractivity contribution is 5.94. The molecule has 2 aliphatic heterocycles. The van der Waals surface area contributed by atoms with Gasteiger partial charge in [0.05, 0.1) is 13.1 Å². The number of hydrogen-bond donors (Lipinski definition) is 0. The Kier molecular flexibility index (Phi) is 5.53. The molecule has 0 spiro atoms. The van der Waals surface area contributed by atoms with E-state index in [4.69, 9.17) is 4.52 Å². The minimum atomic E-state index is -0.562. The van der Waals surface area contributed by atoms with E-state index >= 15 is 0 Å². The van der Waals surface area contributed by atoms with Gasteiger partial charge in [0, 0.05) is 32.5 Å². The quantitative estimate of drug-likeness (QED) is 0.686. The Hall–Kier alpha value is -2.45. The summed E-state index contributed by atoms with van der Waals surface area (Å²) in [6.45, 7) is 5.76. The topological polar surface area (TPSA) is 99.9 Å². The van der Waals surface area contributed by atoms with Crippen molar-refractivity contribution in [3.63, 3.8) is 0 Å². The molecule has 0 saturated carbocycles. The van der Waals surface area contributed by atoms with Gasteiger partial charge in [-0.25, -0.2) is 0 Å². The van der Waals surface area contributed by atoms with Crippen LogP contribution in [0.25, 0.3) is 0 Å². The van der Waals surface area contributed by atoms with Crippen molar-refractivity contribution in [2.24, 2.45) is 0 Å². The van der Waals surface area contributed by atoms with E-state index in [9.17, 15) is 14.4 Å². The summed E-state index contributed by atoms with van der Waals surface area (Å²) in [4.78, 5) is 45.8. The lowest BCUT2D eigenvalue weighted by Crippen LogP contribution is -2.58. The zero-order valence-corrected chi connectivity index (χ0v) is 15.3. The van der Waals surface area contributed by atoms with Gasteiger partial charge in [0.2, 0.25) is 23.6 Å². The monoisotopic (exact) mass is 363 g/mol. The number of carbonyl (C=O) groups excluding carboxylic acids is 3. The van der Waals surface area contributed by atoms with Crippen LogP contribution in [0.15, 0.2) is 4.52 Å². The van der Waals surface area contributed by atoms with Crippen LogP contribution in [0.4, 0.5) is 0 Å². The molecule has 3 rings (SSSR count). The van der Waals surface area contributed by atoms with Crippen LogP contribution in [0.3, 0.4) is 0 Å². The van der Waals surface area contributed by atoms with Crippen molar-refractivity contribution in [2.75, 3.05) is 26.2 Å². The summed E-state index contributed by atoms with van der Waals surface area (Å²) in [5.41, 5.74) is 0. The highest BCUT2D eigenvalue weighted by Crippen LogP contribution is 2.16. The molecule has 1 atom stereocenters. The first kappa shape index (κ1) is 18.3. The first-order valence-corrected chi connectivity index (χ1v) is 9.17. The summed E-state index contributed by atoms with van der Waals surface area (Å²) >= 11 is 0. The first-order valence-electron chi connectivity index (χ1n) is 9.17. The summed E-state index contributed by atoms with van der Waals surface area (Å²) in [5, 5.41) is 3.85. The standard InChI is InChI=1S/C17H25N5O4/c1-3-14-18-13(19-26-14)10-22-12(2)17(25)21(11-16(22)24)9-5-8-20-7-4-6-15(20)23/h12H,3-11H2,1-2H3/t12-/m0/s1. The molecule has 0 unspecified atom stereocenters. The van der Waals surface area contributed by atoms with Gasteiger partial charge in [0.25, 0.3) is 0 Å². The Morgan fingerprint density at radius 1 is 1.15 bits per heavy atom. The van der Waals surface area contributed by atoms with Crippen LogP contribution in [0, 0.1) is 0 Å². The Balaban J connectivity index is 1.53. The number of nitrogens with zero attached hydrogens (tertiary/aromatic N) is 5. The maximum absolute atomic E-state index is 12.6. The molecule has 2 aliphatic rings. The van der Waals surface area contributed by atoms with Crippen LogP contribution in [0.5, 0.6) is 0 Å². The lowest BCUT2D eigenvalue weighted by Gasteiger charge is -2.38. The third-order valence-electron chi connectivity index (χ3n) is 4.93. The molecular formula is C17H25N5O4. The molecule has 3 amide bonds. The van der Waals surface area contributed by atoms with Gasteiger partial charge in [-0.3, -0.25) is 14.4 Å². The van der Waals surface area contributed by atoms with Crippen LogP contribution < -0.4 is 0 Å². The van der Waals surface area contributed by atoms with E-state index in [0.29, 0.717) is 44.1 Å². The molecule has 2 fully saturated rings. The van der Waals surface area contributed by atoms with Crippen molar-refractivity contribution in [2.45, 2.75) is 52.1 Å². The van der Waals surface area contributed by atoms with Crippen LogP contribution in [0.2, 0.25) is 0 Å². The lowest BCUT2D eigenvalue weighted by atomic mass is 10.1. The van der Waals surface area contributed by atoms with E-state index in [-0.39, 0.29) is 30.8 Å². The Bertz CT molecular complexity index is 688. The normalized spacial score (nSPS) is 21.2. The summed E-state index contributed by atoms with van der Waals surface area (Å²) in [7, 11) is 0. The summed E-state index contributed by atoms with van der Waals surface area (Å²) in [6.07, 6.45) is 2.83. The van der Waals surface area contributed by atoms with Gasteiger partial charge in [-0.1, -0.05) is 12.1 Å². The maximum atomic E-state index is 12.6. The first-order chi connectivity index (χ1) is 12.5. The molecule has 142 valence electrons. The van der Waals surface area contributed by atoms with Crippen molar-refractivity contribution >= 4 is 17.7 Å². The fourth-order valence-electron chi connectivity index (χ4n) is 3.40. The van der Waals surface area contributed by atoms with Gasteiger partial charge in [-0.2, -0.15) is 4.98 Å². The lowest BCUT2D eigenvalue weighted by molar-refractivity contribution is -0.155. The number of rotatable bonds is 7. The smallest absolute Gasteiger partial charge is 0.245 e. The molecule has 0 bridgehead atoms. The van der Waals surface area contributed by atoms with Crippen molar-refractivity contribution in [1.29, 1.82) is 0 Å². The number of carbonyl (C=O) groups is 3. The largest absolute Gasteiger partial charge is 0.343 e. The average molecular weight is 363 g/mol. The van der Waals surface area contributed by atoms with Crippen molar-refractivity contribution in [3.05, 3.63) is 11.7 Å². The average Bonchev–Trinajstić information content (AvgIpc) is 3.25. The molecule has 3 heterocycles. The molecule has 1 aromatic heterocycles. The van der Waals surface area contributed by atoms with Gasteiger partial charge in [0.15, 0.2) is 5.82 Å². The third-order valence-corrected chi connectivity index (χ3v) is 4.93. The van der Waals surface area contributed by atoms with E-state index in [1.54, 1.807) is 11.8 Å². The summed E-state index contributed by atoms with van der Waals surface area (Å²) < 4.78 is 5.06. The highest BCUT2D eigenvalue weighted by Gasteiger charge is 2.37. The van der Waals surface area contributed by atoms with Crippen LogP contribution in [-0.4, -0.2) is 74.8 Å². The molecule has 9 heteroatoms. The molecule has 0 aliphatic carbocycles. The molecule has 1 aromatic rings. The van der Waals surface area contributed by atoms with E-state index in [0.717, 1.165) is 13.0 Å². The maximum Gasteiger partial charge on any atom is 0.245 e. The Morgan fingerprint density at radius 2 is 1.92 bits per heavy atom. The number of aromatic nitrogens is 2. The van der Waals surface area contributed by atoms with Gasteiger partial charge >= 0.3 is 0 Å². The predicted molar refractivity (Wildman–Crippen MR) is 90.7 cm³/mol. The number of amides is 3. The molecule has 2 saturated heterocycles. The number of hydrogen-bond acceptors (Lipinski definition) is 6. The SMILES string of the molecule is CCc1nc(CN2C(=O)CN(CCCN3CCCC3=O)C(=O)[C@@H]2C)no1. The molecule has 0 aromatic carbocycles. The minimum absolute atomic E-state index is 0.0512. The second kappa shape index (κ2) is 7.84. The van der Waals surface area contributed by atoms with E-state index < -0.39 is 6.04 Å². The minimum Gasteiger partial charge on any atom is -0.343 e. The third kappa shape index (κ3) is 3.86. The number of aryl methyl sites for hydroxylation is 1. The van der Waals surface area contributed by atoms with Crippen LogP contribution in [0.1, 0.15) is 44.8 Å². The Morgan fingerprint density at radius 3 is 2.58 bits per heavy atom. The van der Waals surface area contributed by atoms with E-state index in [1.807, 2.05) is 11.8 Å². The van der Waals surface area contributed by atoms with Gasteiger partial charge in [-0.05, 0) is 19.8 Å². The zero-order chi connectivity index (χ0) is 18.7. The van der Waals surface area contributed by atoms with Gasteiger partial charge < -0.3 is 19.2 Å². The van der Waals surface area contributed by atoms with Crippen molar-refractivity contribution in [3.8, 4) is 0 Å². The van der Waals surface area contributed by atoms with Crippen molar-refractivity contribution in [1.82, 2.24) is 24.8 Å². The van der Waals surface area contributed by atoms with E-state index in [1.165, 1.54) is 4.90 Å². The van der Waals surface area contributed by atoms with Crippen LogP contribution >= 0.6 is 0 Å². The molecule has 0 radical (unpaired) electrons. The number of likely N-dealkylation sites (tertiary alicyclic amines) is 1. The predicted octanol–water partition coefficient (Wildman–Crippen LogP) is 0.204. The summed E-state index contributed by atoms with van der Waals surface area (Å²) in [5.74, 6) is 0.892. The van der Waals surface area contributed by atoms with Gasteiger partial charge in [0.1, 0.15) is 6.04 Å². The molecule has 9 nitrogen and oxygen atoms in total. The zero-order valence-electron chi connectivity index (χ0n) is 15.3. The second-order valence-corrected chi connectivity index (χ2v) is 6.75. The molecular weight excluding hydrogens is 338 g/mol. The fraction of sp³-hybridized carbons (Fsp3) is 0.706. The number of piperazine rings is 1. The van der Waals surface area contributed by atoms with Crippen molar-refractivity contribution < 1.29 is 18.9 Å². The van der Waals surface area contributed by atoms with Crippen LogP contribution in [-0.2, 0) is 27.3 Å². The fourth-order valence-corrected chi connectivity index (χ4v) is 3.40. The Labute approximate surface area is 152 Å². The highest BCUT2D eigenvalue weighted by atomic mass is 16.5. The molecule has 26 heavy (non-hydrogen) atoms. The second-order valence-electron chi connectivity index (χ2n) is 6.75. The van der Waals surface area contributed by atoms with E-state index in [2.05, 4.69) is 10.1 Å². The molecule has 0 N–H and O–H groups in total.